The molecule has 0 heterocycles. The van der Waals surface area contributed by atoms with Gasteiger partial charge in [0.15, 0.2) is 0 Å². The highest BCUT2D eigenvalue weighted by molar-refractivity contribution is 5.80. The molecule has 0 aromatic heterocycles. The molecule has 0 fully saturated rings. The van der Waals surface area contributed by atoms with Gasteiger partial charge in [-0.05, 0) is 30.5 Å². The van der Waals surface area contributed by atoms with E-state index < -0.39 is 0 Å². The molecule has 0 saturated heterocycles. The third-order valence-corrected chi connectivity index (χ3v) is 2.62. The summed E-state index contributed by atoms with van der Waals surface area (Å²) >= 11 is 0. The number of fused-ring (bicyclic) bond motifs is 1. The molecule has 0 unspecified atom stereocenters. The van der Waals surface area contributed by atoms with Gasteiger partial charge in [-0.25, -0.2) is 0 Å². The minimum atomic E-state index is 0.420. The Kier molecular flexibility index (Phi) is 1.73. The molecule has 66 valence electrons. The molecule has 1 nitrogen and oxygen atoms in total. The molecule has 0 atom stereocenters. The molecule has 0 aromatic rings. The second kappa shape index (κ2) is 2.77. The van der Waals surface area contributed by atoms with Gasteiger partial charge in [-0.2, -0.15) is 0 Å². The summed E-state index contributed by atoms with van der Waals surface area (Å²) in [7, 11) is 0. The number of aromatic hydroxyl groups is 1. The van der Waals surface area contributed by atoms with Crippen LogP contribution in [0, 0.1) is 13.8 Å². The molecule has 0 amide bonds. The van der Waals surface area contributed by atoms with Gasteiger partial charge in [-0.15, -0.1) is 0 Å². The Morgan fingerprint density at radius 1 is 0.846 bits per heavy atom. The number of hydrogen-bond donors (Lipinski definition) is 1. The first-order chi connectivity index (χ1) is 6.22. The zero-order valence-corrected chi connectivity index (χ0v) is 7.83. The highest BCUT2D eigenvalue weighted by Crippen LogP contribution is 2.39. The van der Waals surface area contributed by atoms with Gasteiger partial charge in [-0.3, -0.25) is 0 Å². The molecule has 0 radical (unpaired) electrons. The summed E-state index contributed by atoms with van der Waals surface area (Å²) in [5.74, 6) is 0.420. The van der Waals surface area contributed by atoms with Gasteiger partial charge in [0.05, 0.1) is 0 Å². The lowest BCUT2D eigenvalue weighted by Crippen LogP contribution is -1.70. The van der Waals surface area contributed by atoms with Crippen LogP contribution in [0.2, 0.25) is 0 Å². The number of hydrogen-bond acceptors (Lipinski definition) is 1. The fraction of sp³-hybridized carbons (Fsp3) is 0.167. The Hall–Kier alpha value is -1.50. The van der Waals surface area contributed by atoms with E-state index >= 15 is 0 Å². The van der Waals surface area contributed by atoms with E-state index in [0.717, 1.165) is 16.7 Å². The van der Waals surface area contributed by atoms with Crippen molar-refractivity contribution in [3.63, 3.8) is 0 Å². The van der Waals surface area contributed by atoms with Gasteiger partial charge >= 0.3 is 0 Å². The van der Waals surface area contributed by atoms with E-state index in [1.807, 2.05) is 44.2 Å². The highest BCUT2D eigenvalue weighted by Gasteiger charge is 2.15. The molecule has 0 aliphatic heterocycles. The van der Waals surface area contributed by atoms with Crippen molar-refractivity contribution in [2.75, 3.05) is 0 Å². The van der Waals surface area contributed by atoms with E-state index in [0.29, 0.717) is 5.75 Å². The van der Waals surface area contributed by atoms with Gasteiger partial charge in [0.25, 0.3) is 0 Å². The van der Waals surface area contributed by atoms with Gasteiger partial charge in [-0.1, -0.05) is 30.3 Å². The monoisotopic (exact) mass is 172 g/mol. The first kappa shape index (κ1) is 8.11. The van der Waals surface area contributed by atoms with Crippen molar-refractivity contribution in [1.29, 1.82) is 0 Å². The van der Waals surface area contributed by atoms with Gasteiger partial charge in [0, 0.05) is 5.56 Å². The van der Waals surface area contributed by atoms with E-state index in [2.05, 4.69) is 0 Å². The van der Waals surface area contributed by atoms with Gasteiger partial charge in [0.1, 0.15) is 5.75 Å². The molecular formula is C12H12O. The van der Waals surface area contributed by atoms with E-state index in [-0.39, 0.29) is 0 Å². The Bertz CT molecular complexity index is 381. The van der Waals surface area contributed by atoms with Crippen molar-refractivity contribution < 1.29 is 5.11 Å². The smallest absolute Gasteiger partial charge is 0.126 e. The van der Waals surface area contributed by atoms with Crippen LogP contribution in [0.25, 0.3) is 11.1 Å². The van der Waals surface area contributed by atoms with E-state index in [4.69, 9.17) is 0 Å². The molecule has 1 heteroatoms. The van der Waals surface area contributed by atoms with E-state index in [1.165, 1.54) is 5.56 Å². The topological polar surface area (TPSA) is 20.2 Å². The maximum absolute atomic E-state index is 9.79. The Balaban J connectivity index is 2.86. The van der Waals surface area contributed by atoms with Crippen LogP contribution >= 0.6 is 0 Å². The SMILES string of the molecule is Cc1c2cccccc-2c(O)c1C. The summed E-state index contributed by atoms with van der Waals surface area (Å²) in [5.41, 5.74) is 4.24. The van der Waals surface area contributed by atoms with Crippen LogP contribution in [0.4, 0.5) is 0 Å². The van der Waals surface area contributed by atoms with E-state index in [1.54, 1.807) is 0 Å². The predicted octanol–water partition coefficient (Wildman–Crippen LogP) is 3.11. The Morgan fingerprint density at radius 2 is 1.46 bits per heavy atom. The van der Waals surface area contributed by atoms with Crippen molar-refractivity contribution in [3.8, 4) is 16.9 Å². The molecule has 1 N–H and O–H groups in total. The van der Waals surface area contributed by atoms with Crippen molar-refractivity contribution in [2.45, 2.75) is 13.8 Å². The zero-order valence-electron chi connectivity index (χ0n) is 7.83. The zero-order chi connectivity index (χ0) is 9.42. The third-order valence-electron chi connectivity index (χ3n) is 2.62. The molecule has 0 bridgehead atoms. The molecule has 13 heavy (non-hydrogen) atoms. The molecule has 0 spiro atoms. The lowest BCUT2D eigenvalue weighted by Gasteiger charge is -1.92. The first-order valence-electron chi connectivity index (χ1n) is 4.38. The van der Waals surface area contributed by atoms with Gasteiger partial charge < -0.3 is 5.11 Å². The largest absolute Gasteiger partial charge is 0.507 e. The van der Waals surface area contributed by atoms with E-state index in [9.17, 15) is 5.11 Å². The van der Waals surface area contributed by atoms with Crippen LogP contribution in [-0.4, -0.2) is 5.11 Å². The Morgan fingerprint density at radius 3 is 2.15 bits per heavy atom. The van der Waals surface area contributed by atoms with Crippen LogP contribution in [0.1, 0.15) is 11.1 Å². The van der Waals surface area contributed by atoms with Crippen LogP contribution in [0.15, 0.2) is 30.3 Å². The third kappa shape index (κ3) is 1.08. The van der Waals surface area contributed by atoms with Crippen LogP contribution in [0.3, 0.4) is 0 Å². The molecule has 0 saturated carbocycles. The summed E-state index contributed by atoms with van der Waals surface area (Å²) in [4.78, 5) is 0. The van der Waals surface area contributed by atoms with Crippen LogP contribution in [-0.2, 0) is 0 Å². The maximum Gasteiger partial charge on any atom is 0.126 e. The van der Waals surface area contributed by atoms with Crippen molar-refractivity contribution in [1.82, 2.24) is 0 Å². The maximum atomic E-state index is 9.79. The fourth-order valence-electron chi connectivity index (χ4n) is 1.66. The lowest BCUT2D eigenvalue weighted by molar-refractivity contribution is 0.475. The number of rotatable bonds is 0. The highest BCUT2D eigenvalue weighted by atomic mass is 16.3. The normalized spacial score (nSPS) is 10.6. The quantitative estimate of drug-likeness (QED) is 0.647. The van der Waals surface area contributed by atoms with Crippen LogP contribution < -0.4 is 0 Å². The van der Waals surface area contributed by atoms with Crippen LogP contribution in [0.5, 0.6) is 5.75 Å². The average molecular weight is 172 g/mol. The second-order valence-corrected chi connectivity index (χ2v) is 3.34. The summed E-state index contributed by atoms with van der Waals surface area (Å²) < 4.78 is 0. The summed E-state index contributed by atoms with van der Waals surface area (Å²) in [6.07, 6.45) is 0. The molecule has 0 aromatic carbocycles. The minimum Gasteiger partial charge on any atom is -0.507 e. The molecular weight excluding hydrogens is 160 g/mol. The molecule has 2 aliphatic carbocycles. The summed E-state index contributed by atoms with van der Waals surface area (Å²) in [6.45, 7) is 3.99. The summed E-state index contributed by atoms with van der Waals surface area (Å²) in [6, 6.07) is 9.89. The predicted molar refractivity (Wildman–Crippen MR) is 54.2 cm³/mol. The lowest BCUT2D eigenvalue weighted by atomic mass is 10.1. The molecule has 2 rings (SSSR count). The van der Waals surface area contributed by atoms with Crippen molar-refractivity contribution in [2.24, 2.45) is 0 Å². The summed E-state index contributed by atoms with van der Waals surface area (Å²) in [5, 5.41) is 9.79. The second-order valence-electron chi connectivity index (χ2n) is 3.34. The fourth-order valence-corrected chi connectivity index (χ4v) is 1.66. The van der Waals surface area contributed by atoms with Gasteiger partial charge in [0.2, 0.25) is 0 Å². The Labute approximate surface area is 78.0 Å². The average Bonchev–Trinajstić information content (AvgIpc) is 2.40. The van der Waals surface area contributed by atoms with Crippen molar-refractivity contribution in [3.05, 3.63) is 41.5 Å². The standard InChI is InChI=1S/C12H12O/c1-8-9(2)12(13)11-7-5-3-4-6-10(8)11/h3-7,13H,1-2H3. The minimum absolute atomic E-state index is 0.420. The molecule has 2 aliphatic rings. The first-order valence-corrected chi connectivity index (χ1v) is 4.38. The van der Waals surface area contributed by atoms with Crippen molar-refractivity contribution >= 4 is 0 Å².